The second kappa shape index (κ2) is 11.5. The smallest absolute Gasteiger partial charge is 0.220 e. The number of hydrogen-bond acceptors (Lipinski definition) is 4. The minimum absolute atomic E-state index is 0.0167. The minimum Gasteiger partial charge on any atom is -0.379 e. The van der Waals surface area contributed by atoms with E-state index in [4.69, 9.17) is 4.74 Å². The van der Waals surface area contributed by atoms with Crippen LogP contribution in [0.2, 0.25) is 0 Å². The molecule has 2 N–H and O–H groups in total. The Balaban J connectivity index is 1.55. The Morgan fingerprint density at radius 3 is 2.36 bits per heavy atom. The second-order valence-corrected chi connectivity index (χ2v) is 7.47. The average Bonchev–Trinajstić information content (AvgIpc) is 2.88. The van der Waals surface area contributed by atoms with Crippen molar-refractivity contribution in [2.24, 2.45) is 0 Å². The molecule has 0 aromatic carbocycles. The van der Waals surface area contributed by atoms with Gasteiger partial charge in [-0.25, -0.2) is 0 Å². The number of nitrogens with zero attached hydrogens (tertiary/aromatic N) is 1. The summed E-state index contributed by atoms with van der Waals surface area (Å²) in [6, 6.07) is 0.450. The molecule has 0 bridgehead atoms. The van der Waals surface area contributed by atoms with Gasteiger partial charge in [-0.05, 0) is 26.2 Å². The molecule has 0 radical (unpaired) electrons. The van der Waals surface area contributed by atoms with E-state index in [1.807, 2.05) is 6.92 Å². The van der Waals surface area contributed by atoms with Crippen LogP contribution in [0.25, 0.3) is 0 Å². The second-order valence-electron chi connectivity index (χ2n) is 7.47. The largest absolute Gasteiger partial charge is 0.379 e. The summed E-state index contributed by atoms with van der Waals surface area (Å²) in [6.07, 6.45) is 8.61. The summed E-state index contributed by atoms with van der Waals surface area (Å²) in [5.41, 5.74) is 0. The zero-order valence-corrected chi connectivity index (χ0v) is 15.7. The van der Waals surface area contributed by atoms with Gasteiger partial charge in [0.1, 0.15) is 0 Å². The maximum atomic E-state index is 12.0. The lowest BCUT2D eigenvalue weighted by molar-refractivity contribution is -0.127. The van der Waals surface area contributed by atoms with Gasteiger partial charge in [0.25, 0.3) is 0 Å². The van der Waals surface area contributed by atoms with E-state index >= 15 is 0 Å². The molecule has 1 saturated heterocycles. The lowest BCUT2D eigenvalue weighted by Crippen LogP contribution is -2.41. The summed E-state index contributed by atoms with van der Waals surface area (Å²) in [5.74, 6) is -0.00601. The highest BCUT2D eigenvalue weighted by Gasteiger charge is 2.16. The van der Waals surface area contributed by atoms with Gasteiger partial charge < -0.3 is 15.4 Å². The third kappa shape index (κ3) is 8.68. The average molecular weight is 354 g/mol. The van der Waals surface area contributed by atoms with Crippen LogP contribution in [0.5, 0.6) is 0 Å². The molecule has 2 fully saturated rings. The Bertz CT molecular complexity index is 403. The Hall–Kier alpha value is -1.14. The minimum atomic E-state index is -0.0227. The van der Waals surface area contributed by atoms with E-state index < -0.39 is 0 Å². The van der Waals surface area contributed by atoms with Crippen LogP contribution >= 0.6 is 0 Å². The van der Waals surface area contributed by atoms with Crippen LogP contribution in [0.3, 0.4) is 0 Å². The molecule has 1 aliphatic carbocycles. The molecule has 1 atom stereocenters. The SMILES string of the molecule is C[C@H](CCN1CCOCC1)NC(=O)CCC(=O)NC1CCCCCC1. The van der Waals surface area contributed by atoms with E-state index in [9.17, 15) is 9.59 Å². The monoisotopic (exact) mass is 353 g/mol. The van der Waals surface area contributed by atoms with E-state index in [-0.39, 0.29) is 24.3 Å². The number of amides is 2. The number of morpholine rings is 1. The number of rotatable bonds is 8. The number of nitrogens with one attached hydrogen (secondary N) is 2. The van der Waals surface area contributed by atoms with Gasteiger partial charge in [-0.2, -0.15) is 0 Å². The lowest BCUT2D eigenvalue weighted by Gasteiger charge is -2.27. The van der Waals surface area contributed by atoms with Crippen molar-refractivity contribution in [2.75, 3.05) is 32.8 Å². The molecule has 2 aliphatic rings. The molecule has 0 aromatic heterocycles. The fraction of sp³-hybridized carbons (Fsp3) is 0.895. The van der Waals surface area contributed by atoms with E-state index in [2.05, 4.69) is 15.5 Å². The maximum Gasteiger partial charge on any atom is 0.220 e. The van der Waals surface area contributed by atoms with Gasteiger partial charge in [0.2, 0.25) is 11.8 Å². The molecular formula is C19H35N3O3. The van der Waals surface area contributed by atoms with E-state index in [0.717, 1.165) is 52.1 Å². The Kier molecular flexibility index (Phi) is 9.26. The van der Waals surface area contributed by atoms with Crippen LogP contribution in [0.1, 0.15) is 64.7 Å². The van der Waals surface area contributed by atoms with Gasteiger partial charge in [0, 0.05) is 44.6 Å². The van der Waals surface area contributed by atoms with Crippen molar-refractivity contribution < 1.29 is 14.3 Å². The van der Waals surface area contributed by atoms with Crippen molar-refractivity contribution in [1.82, 2.24) is 15.5 Å². The molecule has 0 unspecified atom stereocenters. The zero-order valence-electron chi connectivity index (χ0n) is 15.7. The van der Waals surface area contributed by atoms with Crippen molar-refractivity contribution >= 4 is 11.8 Å². The fourth-order valence-electron chi connectivity index (χ4n) is 3.57. The lowest BCUT2D eigenvalue weighted by atomic mass is 10.1. The van der Waals surface area contributed by atoms with Gasteiger partial charge in [-0.3, -0.25) is 14.5 Å². The van der Waals surface area contributed by atoms with Gasteiger partial charge in [-0.1, -0.05) is 25.7 Å². The first-order valence-corrected chi connectivity index (χ1v) is 10.0. The van der Waals surface area contributed by atoms with Crippen LogP contribution in [0.15, 0.2) is 0 Å². The zero-order chi connectivity index (χ0) is 17.9. The Labute approximate surface area is 152 Å². The maximum absolute atomic E-state index is 12.0. The quantitative estimate of drug-likeness (QED) is 0.653. The molecule has 0 spiro atoms. The normalized spacial score (nSPS) is 21.3. The van der Waals surface area contributed by atoms with Gasteiger partial charge in [0.05, 0.1) is 13.2 Å². The standard InChI is InChI=1S/C19H35N3O3/c1-16(10-11-22-12-14-25-15-13-22)20-18(23)8-9-19(24)21-17-6-4-2-3-5-7-17/h16-17H,2-15H2,1H3,(H,20,23)(H,21,24)/t16-/m1/s1. The molecule has 1 saturated carbocycles. The first-order chi connectivity index (χ1) is 12.1. The van der Waals surface area contributed by atoms with Crippen LogP contribution in [0, 0.1) is 0 Å². The van der Waals surface area contributed by atoms with Crippen LogP contribution in [0.4, 0.5) is 0 Å². The highest BCUT2D eigenvalue weighted by atomic mass is 16.5. The Morgan fingerprint density at radius 2 is 1.68 bits per heavy atom. The van der Waals surface area contributed by atoms with Gasteiger partial charge >= 0.3 is 0 Å². The van der Waals surface area contributed by atoms with Gasteiger partial charge in [0.15, 0.2) is 0 Å². The summed E-state index contributed by atoms with van der Waals surface area (Å²) in [6.45, 7) is 6.56. The molecule has 2 amide bonds. The molecule has 2 rings (SSSR count). The predicted molar refractivity (Wildman–Crippen MR) is 98.3 cm³/mol. The fourth-order valence-corrected chi connectivity index (χ4v) is 3.57. The number of ether oxygens (including phenoxy) is 1. The topological polar surface area (TPSA) is 70.7 Å². The number of carbonyl (C=O) groups is 2. The molecular weight excluding hydrogens is 318 g/mol. The van der Waals surface area contributed by atoms with E-state index in [1.54, 1.807) is 0 Å². The summed E-state index contributed by atoms with van der Waals surface area (Å²) in [4.78, 5) is 26.4. The predicted octanol–water partition coefficient (Wildman–Crippen LogP) is 1.83. The molecule has 6 heteroatoms. The van der Waals surface area contributed by atoms with Gasteiger partial charge in [-0.15, -0.1) is 0 Å². The van der Waals surface area contributed by atoms with E-state index in [0.29, 0.717) is 12.5 Å². The highest BCUT2D eigenvalue weighted by molar-refractivity contribution is 5.83. The highest BCUT2D eigenvalue weighted by Crippen LogP contribution is 2.17. The molecule has 0 aromatic rings. The summed E-state index contributed by atoms with van der Waals surface area (Å²) in [5, 5.41) is 6.11. The third-order valence-corrected chi connectivity index (χ3v) is 5.19. The summed E-state index contributed by atoms with van der Waals surface area (Å²) < 4.78 is 5.34. The molecule has 25 heavy (non-hydrogen) atoms. The Morgan fingerprint density at radius 1 is 1.04 bits per heavy atom. The third-order valence-electron chi connectivity index (χ3n) is 5.19. The van der Waals surface area contributed by atoms with Crippen LogP contribution < -0.4 is 10.6 Å². The molecule has 144 valence electrons. The van der Waals surface area contributed by atoms with Crippen molar-refractivity contribution in [3.05, 3.63) is 0 Å². The van der Waals surface area contributed by atoms with Crippen molar-refractivity contribution in [3.8, 4) is 0 Å². The first-order valence-electron chi connectivity index (χ1n) is 10.0. The van der Waals surface area contributed by atoms with Crippen LogP contribution in [-0.2, 0) is 14.3 Å². The van der Waals surface area contributed by atoms with Crippen LogP contribution in [-0.4, -0.2) is 61.6 Å². The number of carbonyl (C=O) groups excluding carboxylic acids is 2. The number of hydrogen-bond donors (Lipinski definition) is 2. The van der Waals surface area contributed by atoms with Crippen molar-refractivity contribution in [3.63, 3.8) is 0 Å². The van der Waals surface area contributed by atoms with E-state index in [1.165, 1.54) is 25.7 Å². The van der Waals surface area contributed by atoms with Crippen molar-refractivity contribution in [1.29, 1.82) is 0 Å². The molecule has 6 nitrogen and oxygen atoms in total. The first kappa shape index (κ1) is 20.2. The molecule has 1 aliphatic heterocycles. The summed E-state index contributed by atoms with van der Waals surface area (Å²) in [7, 11) is 0. The molecule has 1 heterocycles. The summed E-state index contributed by atoms with van der Waals surface area (Å²) >= 11 is 0. The van der Waals surface area contributed by atoms with Crippen molar-refractivity contribution in [2.45, 2.75) is 76.8 Å².